The van der Waals surface area contributed by atoms with E-state index >= 15 is 0 Å². The zero-order valence-corrected chi connectivity index (χ0v) is 12.7. The second-order valence-corrected chi connectivity index (χ2v) is 6.44. The summed E-state index contributed by atoms with van der Waals surface area (Å²) in [5, 5.41) is 8.05. The van der Waals surface area contributed by atoms with Crippen LogP contribution in [0.2, 0.25) is 0 Å². The minimum absolute atomic E-state index is 0.723. The predicted molar refractivity (Wildman–Crippen MR) is 80.2 cm³/mol. The van der Waals surface area contributed by atoms with Gasteiger partial charge in [-0.3, -0.25) is 4.68 Å². The van der Waals surface area contributed by atoms with Gasteiger partial charge in [-0.1, -0.05) is 26.7 Å². The van der Waals surface area contributed by atoms with E-state index in [2.05, 4.69) is 37.4 Å². The van der Waals surface area contributed by atoms with E-state index in [9.17, 15) is 0 Å². The molecule has 3 nitrogen and oxygen atoms in total. The van der Waals surface area contributed by atoms with Gasteiger partial charge in [-0.05, 0) is 43.6 Å². The zero-order valence-electron chi connectivity index (χ0n) is 12.7. The highest BCUT2D eigenvalue weighted by Crippen LogP contribution is 2.28. The summed E-state index contributed by atoms with van der Waals surface area (Å²) < 4.78 is 2.04. The molecule has 2 atom stereocenters. The van der Waals surface area contributed by atoms with E-state index in [-0.39, 0.29) is 0 Å². The molecule has 108 valence electrons. The summed E-state index contributed by atoms with van der Waals surface area (Å²) in [6, 6.07) is 0.723. The largest absolute Gasteiger partial charge is 0.312 e. The average Bonchev–Trinajstić information content (AvgIpc) is 2.64. The molecule has 2 rings (SSSR count). The van der Waals surface area contributed by atoms with Crippen LogP contribution in [-0.4, -0.2) is 22.4 Å². The number of hydrogen-bond donors (Lipinski definition) is 1. The minimum Gasteiger partial charge on any atom is -0.312 e. The molecule has 0 aliphatic heterocycles. The Morgan fingerprint density at radius 1 is 1.32 bits per heavy atom. The third-order valence-corrected chi connectivity index (χ3v) is 4.49. The number of nitrogens with zero attached hydrogens (tertiary/aromatic N) is 2. The van der Waals surface area contributed by atoms with Gasteiger partial charge in [0.05, 0.1) is 12.7 Å². The van der Waals surface area contributed by atoms with Crippen LogP contribution >= 0.6 is 0 Å². The molecule has 0 aromatic carbocycles. The van der Waals surface area contributed by atoms with Crippen LogP contribution in [0.4, 0.5) is 0 Å². The van der Waals surface area contributed by atoms with E-state index in [1.54, 1.807) is 0 Å². The first kappa shape index (κ1) is 14.6. The van der Waals surface area contributed by atoms with Crippen LogP contribution in [0.3, 0.4) is 0 Å². The maximum atomic E-state index is 4.33. The average molecular weight is 263 g/mol. The highest BCUT2D eigenvalue weighted by Gasteiger charge is 2.20. The molecule has 1 fully saturated rings. The third kappa shape index (κ3) is 4.64. The summed E-state index contributed by atoms with van der Waals surface area (Å²) >= 11 is 0. The monoisotopic (exact) mass is 263 g/mol. The summed E-state index contributed by atoms with van der Waals surface area (Å²) in [5.41, 5.74) is 1.24. The standard InChI is InChI=1S/C16H29N3/c1-13(2)15-5-4-6-16(8-7-15)17-9-10-19-12-14(3)11-18-19/h11-13,15-17H,4-10H2,1-3H3. The summed E-state index contributed by atoms with van der Waals surface area (Å²) in [5.74, 6) is 1.80. The van der Waals surface area contributed by atoms with E-state index in [1.165, 1.54) is 37.7 Å². The van der Waals surface area contributed by atoms with E-state index in [0.717, 1.165) is 31.0 Å². The maximum absolute atomic E-state index is 4.33. The molecule has 1 aliphatic carbocycles. The Kier molecular flexibility index (Phi) is 5.44. The molecule has 0 amide bonds. The fourth-order valence-electron chi connectivity index (χ4n) is 3.17. The molecule has 0 radical (unpaired) electrons. The van der Waals surface area contributed by atoms with Crippen molar-refractivity contribution in [3.63, 3.8) is 0 Å². The van der Waals surface area contributed by atoms with E-state index in [0.29, 0.717) is 0 Å². The maximum Gasteiger partial charge on any atom is 0.0534 e. The minimum atomic E-state index is 0.723. The van der Waals surface area contributed by atoms with Gasteiger partial charge in [0.2, 0.25) is 0 Å². The molecule has 0 saturated heterocycles. The van der Waals surface area contributed by atoms with Crippen LogP contribution in [0, 0.1) is 18.8 Å². The quantitative estimate of drug-likeness (QED) is 0.825. The Bertz CT molecular complexity index is 370. The number of aromatic nitrogens is 2. The van der Waals surface area contributed by atoms with Crippen molar-refractivity contribution in [3.05, 3.63) is 18.0 Å². The molecule has 2 unspecified atom stereocenters. The molecule has 3 heteroatoms. The topological polar surface area (TPSA) is 29.9 Å². The van der Waals surface area contributed by atoms with Crippen molar-refractivity contribution in [2.24, 2.45) is 11.8 Å². The van der Waals surface area contributed by atoms with Gasteiger partial charge in [0, 0.05) is 18.8 Å². The highest BCUT2D eigenvalue weighted by atomic mass is 15.3. The van der Waals surface area contributed by atoms with Gasteiger partial charge in [-0.25, -0.2) is 0 Å². The fourth-order valence-corrected chi connectivity index (χ4v) is 3.17. The van der Waals surface area contributed by atoms with Crippen LogP contribution in [0.5, 0.6) is 0 Å². The van der Waals surface area contributed by atoms with Crippen molar-refractivity contribution >= 4 is 0 Å². The first-order valence-electron chi connectivity index (χ1n) is 7.87. The van der Waals surface area contributed by atoms with Gasteiger partial charge in [0.1, 0.15) is 0 Å². The second kappa shape index (κ2) is 7.09. The third-order valence-electron chi connectivity index (χ3n) is 4.49. The Morgan fingerprint density at radius 3 is 2.84 bits per heavy atom. The van der Waals surface area contributed by atoms with Crippen molar-refractivity contribution in [2.75, 3.05) is 6.54 Å². The molecule has 0 spiro atoms. The molecular formula is C16H29N3. The number of rotatable bonds is 5. The van der Waals surface area contributed by atoms with Crippen LogP contribution in [0.25, 0.3) is 0 Å². The normalized spacial score (nSPS) is 24.6. The Hall–Kier alpha value is -0.830. The lowest BCUT2D eigenvalue weighted by Gasteiger charge is -2.19. The molecule has 1 aliphatic rings. The molecule has 1 N–H and O–H groups in total. The first-order chi connectivity index (χ1) is 9.15. The van der Waals surface area contributed by atoms with Crippen LogP contribution in [-0.2, 0) is 6.54 Å². The van der Waals surface area contributed by atoms with Gasteiger partial charge in [0.15, 0.2) is 0 Å². The first-order valence-corrected chi connectivity index (χ1v) is 7.87. The molecule has 1 saturated carbocycles. The van der Waals surface area contributed by atoms with Crippen molar-refractivity contribution in [3.8, 4) is 0 Å². The van der Waals surface area contributed by atoms with Gasteiger partial charge in [0.25, 0.3) is 0 Å². The summed E-state index contributed by atoms with van der Waals surface area (Å²) in [6.07, 6.45) is 11.0. The number of aryl methyl sites for hydroxylation is 1. The van der Waals surface area contributed by atoms with Gasteiger partial charge < -0.3 is 5.32 Å². The molecular weight excluding hydrogens is 234 g/mol. The molecule has 1 aromatic heterocycles. The van der Waals surface area contributed by atoms with Crippen molar-refractivity contribution in [1.82, 2.24) is 15.1 Å². The Balaban J connectivity index is 1.68. The van der Waals surface area contributed by atoms with Gasteiger partial charge in [-0.15, -0.1) is 0 Å². The molecule has 1 heterocycles. The summed E-state index contributed by atoms with van der Waals surface area (Å²) in [6.45, 7) is 8.86. The Labute approximate surface area is 117 Å². The Morgan fingerprint density at radius 2 is 2.16 bits per heavy atom. The number of hydrogen-bond acceptors (Lipinski definition) is 2. The number of nitrogens with one attached hydrogen (secondary N) is 1. The fraction of sp³-hybridized carbons (Fsp3) is 0.812. The summed E-state index contributed by atoms with van der Waals surface area (Å²) in [7, 11) is 0. The lowest BCUT2D eigenvalue weighted by molar-refractivity contribution is 0.337. The summed E-state index contributed by atoms with van der Waals surface area (Å²) in [4.78, 5) is 0. The molecule has 1 aromatic rings. The van der Waals surface area contributed by atoms with Crippen LogP contribution in [0.1, 0.15) is 51.5 Å². The zero-order chi connectivity index (χ0) is 13.7. The van der Waals surface area contributed by atoms with Crippen LogP contribution < -0.4 is 5.32 Å². The highest BCUT2D eigenvalue weighted by molar-refractivity contribution is 4.99. The molecule has 0 bridgehead atoms. The van der Waals surface area contributed by atoms with E-state index in [4.69, 9.17) is 0 Å². The van der Waals surface area contributed by atoms with E-state index < -0.39 is 0 Å². The van der Waals surface area contributed by atoms with Gasteiger partial charge >= 0.3 is 0 Å². The predicted octanol–water partition coefficient (Wildman–Crippen LogP) is 3.39. The van der Waals surface area contributed by atoms with E-state index in [1.807, 2.05) is 10.9 Å². The van der Waals surface area contributed by atoms with Crippen molar-refractivity contribution < 1.29 is 0 Å². The SMILES string of the molecule is Cc1cnn(CCNC2CCCC(C(C)C)CC2)c1. The second-order valence-electron chi connectivity index (χ2n) is 6.44. The van der Waals surface area contributed by atoms with Crippen molar-refractivity contribution in [2.45, 2.75) is 65.5 Å². The van der Waals surface area contributed by atoms with Crippen LogP contribution in [0.15, 0.2) is 12.4 Å². The van der Waals surface area contributed by atoms with Gasteiger partial charge in [-0.2, -0.15) is 5.10 Å². The lowest BCUT2D eigenvalue weighted by Crippen LogP contribution is -2.31. The lowest BCUT2D eigenvalue weighted by atomic mass is 9.89. The smallest absolute Gasteiger partial charge is 0.0534 e. The van der Waals surface area contributed by atoms with Crippen molar-refractivity contribution in [1.29, 1.82) is 0 Å². The molecule has 19 heavy (non-hydrogen) atoms.